The van der Waals surface area contributed by atoms with Crippen LogP contribution in [0.15, 0.2) is 30.5 Å². The highest BCUT2D eigenvalue weighted by molar-refractivity contribution is 5.70. The molecular weight excluding hydrogens is 266 g/mol. The molecule has 0 saturated heterocycles. The molecule has 1 fully saturated rings. The van der Waals surface area contributed by atoms with E-state index in [9.17, 15) is 0 Å². The van der Waals surface area contributed by atoms with Crippen molar-refractivity contribution in [1.82, 2.24) is 25.0 Å². The average molecular weight is 281 g/mol. The summed E-state index contributed by atoms with van der Waals surface area (Å²) in [7, 11) is 1.65. The Bertz CT molecular complexity index is 776. The number of methoxy groups -OCH3 is 1. The first-order valence-electron chi connectivity index (χ1n) is 7.05. The zero-order valence-corrected chi connectivity index (χ0v) is 11.7. The minimum atomic E-state index is 0.713. The van der Waals surface area contributed by atoms with Crippen molar-refractivity contribution >= 4 is 11.2 Å². The zero-order valence-electron chi connectivity index (χ0n) is 11.7. The standard InChI is InChI=1S/C15H15N5O/c1-21-12-6-4-11(5-7-12)20-15-13(18-19-20)9-16-14(17-15)8-10-2-3-10/h4-7,9-10H,2-3,8H2,1H3. The lowest BCUT2D eigenvalue weighted by Crippen LogP contribution is -2.01. The average Bonchev–Trinajstić information content (AvgIpc) is 3.24. The molecule has 2 heterocycles. The second kappa shape index (κ2) is 4.80. The van der Waals surface area contributed by atoms with Gasteiger partial charge in [-0.3, -0.25) is 0 Å². The van der Waals surface area contributed by atoms with Crippen LogP contribution in [0, 0.1) is 5.92 Å². The van der Waals surface area contributed by atoms with Crippen molar-refractivity contribution < 1.29 is 4.74 Å². The van der Waals surface area contributed by atoms with Crippen LogP contribution in [0.2, 0.25) is 0 Å². The fourth-order valence-electron chi connectivity index (χ4n) is 2.34. The van der Waals surface area contributed by atoms with Crippen LogP contribution in [0.1, 0.15) is 18.7 Å². The summed E-state index contributed by atoms with van der Waals surface area (Å²) in [4.78, 5) is 9.00. The van der Waals surface area contributed by atoms with Gasteiger partial charge in [-0.25, -0.2) is 9.97 Å². The minimum Gasteiger partial charge on any atom is -0.497 e. The number of hydrogen-bond donors (Lipinski definition) is 0. The number of hydrogen-bond acceptors (Lipinski definition) is 5. The van der Waals surface area contributed by atoms with E-state index >= 15 is 0 Å². The molecule has 1 aliphatic carbocycles. The lowest BCUT2D eigenvalue weighted by Gasteiger charge is -2.04. The summed E-state index contributed by atoms with van der Waals surface area (Å²) >= 11 is 0. The smallest absolute Gasteiger partial charge is 0.187 e. The van der Waals surface area contributed by atoms with Gasteiger partial charge in [0, 0.05) is 6.42 Å². The van der Waals surface area contributed by atoms with E-state index < -0.39 is 0 Å². The number of rotatable bonds is 4. The number of ether oxygens (including phenoxy) is 1. The normalized spacial score (nSPS) is 14.5. The SMILES string of the molecule is COc1ccc(-n2nnc3cnc(CC4CC4)nc32)cc1. The van der Waals surface area contributed by atoms with Gasteiger partial charge in [0.25, 0.3) is 0 Å². The van der Waals surface area contributed by atoms with E-state index in [4.69, 9.17) is 4.74 Å². The maximum Gasteiger partial charge on any atom is 0.187 e. The molecule has 0 amide bonds. The summed E-state index contributed by atoms with van der Waals surface area (Å²) in [5, 5.41) is 8.31. The molecule has 1 saturated carbocycles. The van der Waals surface area contributed by atoms with E-state index in [2.05, 4.69) is 20.3 Å². The Kier molecular flexibility index (Phi) is 2.80. The highest BCUT2D eigenvalue weighted by Crippen LogP contribution is 2.31. The molecule has 0 N–H and O–H groups in total. The fourth-order valence-corrected chi connectivity index (χ4v) is 2.34. The third kappa shape index (κ3) is 2.33. The molecule has 1 aromatic carbocycles. The Morgan fingerprint density at radius 3 is 2.76 bits per heavy atom. The maximum atomic E-state index is 5.17. The Morgan fingerprint density at radius 1 is 1.24 bits per heavy atom. The van der Waals surface area contributed by atoms with Crippen LogP contribution in [-0.2, 0) is 6.42 Å². The van der Waals surface area contributed by atoms with E-state index in [-0.39, 0.29) is 0 Å². The summed E-state index contributed by atoms with van der Waals surface area (Å²) in [5.41, 5.74) is 2.38. The lowest BCUT2D eigenvalue weighted by molar-refractivity contribution is 0.414. The Balaban J connectivity index is 1.75. The van der Waals surface area contributed by atoms with Crippen molar-refractivity contribution in [3.05, 3.63) is 36.3 Å². The van der Waals surface area contributed by atoms with Crippen molar-refractivity contribution in [3.63, 3.8) is 0 Å². The van der Waals surface area contributed by atoms with Gasteiger partial charge in [-0.1, -0.05) is 5.21 Å². The molecule has 106 valence electrons. The fraction of sp³-hybridized carbons (Fsp3) is 0.333. The van der Waals surface area contributed by atoms with Crippen molar-refractivity contribution in [3.8, 4) is 11.4 Å². The van der Waals surface area contributed by atoms with Crippen molar-refractivity contribution in [2.75, 3.05) is 7.11 Å². The second-order valence-corrected chi connectivity index (χ2v) is 5.34. The largest absolute Gasteiger partial charge is 0.497 e. The highest BCUT2D eigenvalue weighted by atomic mass is 16.5. The predicted octanol–water partition coefficient (Wildman–Crippen LogP) is 2.17. The van der Waals surface area contributed by atoms with Crippen LogP contribution in [0.3, 0.4) is 0 Å². The minimum absolute atomic E-state index is 0.713. The summed E-state index contributed by atoms with van der Waals surface area (Å²) in [6.45, 7) is 0. The van der Waals surface area contributed by atoms with Gasteiger partial charge < -0.3 is 4.74 Å². The molecule has 6 heteroatoms. The first-order valence-corrected chi connectivity index (χ1v) is 7.05. The Labute approximate surface area is 121 Å². The van der Waals surface area contributed by atoms with Crippen LogP contribution < -0.4 is 4.74 Å². The number of aromatic nitrogens is 5. The molecule has 0 radical (unpaired) electrons. The Hall–Kier alpha value is -2.50. The van der Waals surface area contributed by atoms with E-state index in [0.717, 1.165) is 35.2 Å². The molecule has 0 atom stereocenters. The Morgan fingerprint density at radius 2 is 2.05 bits per heavy atom. The number of nitrogens with zero attached hydrogens (tertiary/aromatic N) is 5. The summed E-state index contributed by atoms with van der Waals surface area (Å²) < 4.78 is 6.92. The van der Waals surface area contributed by atoms with Gasteiger partial charge in [0.05, 0.1) is 19.0 Å². The van der Waals surface area contributed by atoms with E-state index in [1.165, 1.54) is 12.8 Å². The first-order chi connectivity index (χ1) is 10.3. The third-order valence-corrected chi connectivity index (χ3v) is 3.73. The molecule has 6 nitrogen and oxygen atoms in total. The van der Waals surface area contributed by atoms with Crippen LogP contribution >= 0.6 is 0 Å². The second-order valence-electron chi connectivity index (χ2n) is 5.34. The van der Waals surface area contributed by atoms with Gasteiger partial charge in [0.2, 0.25) is 0 Å². The maximum absolute atomic E-state index is 5.17. The van der Waals surface area contributed by atoms with Gasteiger partial charge in [0.1, 0.15) is 11.6 Å². The zero-order chi connectivity index (χ0) is 14.2. The van der Waals surface area contributed by atoms with E-state index in [1.54, 1.807) is 18.0 Å². The summed E-state index contributed by atoms with van der Waals surface area (Å²) in [6.07, 6.45) is 5.28. The van der Waals surface area contributed by atoms with E-state index in [1.807, 2.05) is 24.3 Å². The molecule has 4 rings (SSSR count). The number of fused-ring (bicyclic) bond motifs is 1. The van der Waals surface area contributed by atoms with Gasteiger partial charge in [-0.05, 0) is 43.0 Å². The summed E-state index contributed by atoms with van der Waals surface area (Å²) in [5.74, 6) is 2.45. The molecule has 1 aliphatic rings. The van der Waals surface area contributed by atoms with Crippen molar-refractivity contribution in [2.45, 2.75) is 19.3 Å². The molecule has 0 aliphatic heterocycles. The molecule has 21 heavy (non-hydrogen) atoms. The molecule has 3 aromatic rings. The van der Waals surface area contributed by atoms with Gasteiger partial charge in [-0.2, -0.15) is 4.68 Å². The molecule has 0 unspecified atom stereocenters. The molecular formula is C15H15N5O. The van der Waals surface area contributed by atoms with Crippen LogP contribution in [0.25, 0.3) is 16.9 Å². The monoisotopic (exact) mass is 281 g/mol. The van der Waals surface area contributed by atoms with Gasteiger partial charge >= 0.3 is 0 Å². The molecule has 2 aromatic heterocycles. The topological polar surface area (TPSA) is 65.7 Å². The van der Waals surface area contributed by atoms with E-state index in [0.29, 0.717) is 5.52 Å². The molecule has 0 bridgehead atoms. The summed E-state index contributed by atoms with van der Waals surface area (Å²) in [6, 6.07) is 7.68. The predicted molar refractivity (Wildman–Crippen MR) is 77.4 cm³/mol. The number of benzene rings is 1. The first kappa shape index (κ1) is 12.3. The van der Waals surface area contributed by atoms with Crippen molar-refractivity contribution in [2.24, 2.45) is 5.92 Å². The van der Waals surface area contributed by atoms with Crippen LogP contribution in [0.4, 0.5) is 0 Å². The molecule has 0 spiro atoms. The van der Waals surface area contributed by atoms with Crippen LogP contribution in [-0.4, -0.2) is 32.1 Å². The highest BCUT2D eigenvalue weighted by Gasteiger charge is 2.23. The van der Waals surface area contributed by atoms with Gasteiger partial charge in [-0.15, -0.1) is 5.10 Å². The third-order valence-electron chi connectivity index (χ3n) is 3.73. The van der Waals surface area contributed by atoms with Crippen LogP contribution in [0.5, 0.6) is 5.75 Å². The van der Waals surface area contributed by atoms with Gasteiger partial charge in [0.15, 0.2) is 11.2 Å². The van der Waals surface area contributed by atoms with Crippen molar-refractivity contribution in [1.29, 1.82) is 0 Å². The quantitative estimate of drug-likeness (QED) is 0.733. The lowest BCUT2D eigenvalue weighted by atomic mass is 10.3.